The summed E-state index contributed by atoms with van der Waals surface area (Å²) in [5.41, 5.74) is 9.78. The number of ether oxygens (including phenoxy) is 4. The molecule has 0 radical (unpaired) electrons. The molecule has 2 N–H and O–H groups in total. The van der Waals surface area contributed by atoms with Crippen LogP contribution < -0.4 is 15.6 Å². The number of benzene rings is 1. The summed E-state index contributed by atoms with van der Waals surface area (Å²) in [4.78, 5) is 57.0. The Hall–Kier alpha value is -4.45. The Bertz CT molecular complexity index is 2260. The molecule has 61 heavy (non-hydrogen) atoms. The maximum Gasteiger partial charge on any atom is 0.324 e. The fourth-order valence-corrected chi connectivity index (χ4v) is 9.90. The smallest absolute Gasteiger partial charge is 0.324 e. The van der Waals surface area contributed by atoms with E-state index in [-0.39, 0.29) is 50.8 Å². The third-order valence-electron chi connectivity index (χ3n) is 12.7. The molecule has 2 amide bonds. The highest BCUT2D eigenvalue weighted by Gasteiger charge is 2.48. The van der Waals surface area contributed by atoms with Crippen LogP contribution in [0.1, 0.15) is 62.9 Å². The molecular weight excluding hydrogens is 797 g/mol. The Labute approximate surface area is 362 Å². The highest BCUT2D eigenvalue weighted by atomic mass is 32.1. The molecule has 3 fully saturated rings. The minimum atomic E-state index is -0.949. The number of hydrogen-bond acceptors (Lipinski definition) is 13. The molecule has 16 heteroatoms. The van der Waals surface area contributed by atoms with Gasteiger partial charge in [0.15, 0.2) is 0 Å². The van der Waals surface area contributed by atoms with Gasteiger partial charge in [-0.1, -0.05) is 19.9 Å². The third kappa shape index (κ3) is 8.67. The van der Waals surface area contributed by atoms with Crippen LogP contribution in [0.4, 0.5) is 5.69 Å². The molecule has 328 valence electrons. The van der Waals surface area contributed by atoms with Crippen molar-refractivity contribution in [3.8, 4) is 22.5 Å². The Morgan fingerprint density at radius 1 is 1.10 bits per heavy atom. The number of piperazine rings is 1. The Kier molecular flexibility index (Phi) is 12.6. The van der Waals surface area contributed by atoms with Crippen LogP contribution in [0.25, 0.3) is 33.4 Å². The van der Waals surface area contributed by atoms with Gasteiger partial charge in [-0.05, 0) is 63.9 Å². The van der Waals surface area contributed by atoms with E-state index in [1.807, 2.05) is 18.5 Å². The van der Waals surface area contributed by atoms with Crippen molar-refractivity contribution in [3.63, 3.8) is 0 Å². The lowest BCUT2D eigenvalue weighted by atomic mass is 9.84. The molecule has 7 heterocycles. The van der Waals surface area contributed by atoms with Crippen molar-refractivity contribution in [2.75, 3.05) is 85.3 Å². The van der Waals surface area contributed by atoms with Gasteiger partial charge in [0.2, 0.25) is 5.91 Å². The molecule has 4 aromatic rings. The van der Waals surface area contributed by atoms with Crippen molar-refractivity contribution in [2.24, 2.45) is 10.8 Å². The molecule has 4 aliphatic rings. The number of likely N-dealkylation sites (N-methyl/N-ethyl adjacent to an activating group) is 1. The lowest BCUT2D eigenvalue weighted by Crippen LogP contribution is -2.63. The Morgan fingerprint density at radius 3 is 2.59 bits per heavy atom. The normalized spacial score (nSPS) is 22.7. The molecule has 15 nitrogen and oxygen atoms in total. The van der Waals surface area contributed by atoms with Gasteiger partial charge in [-0.3, -0.25) is 24.4 Å². The summed E-state index contributed by atoms with van der Waals surface area (Å²) in [5.74, 6) is -1.07. The molecule has 0 spiro atoms. The predicted molar refractivity (Wildman–Crippen MR) is 234 cm³/mol. The quantitative estimate of drug-likeness (QED) is 0.226. The minimum Gasteiger partial charge on any atom is -0.464 e. The predicted octanol–water partition coefficient (Wildman–Crippen LogP) is 4.62. The van der Waals surface area contributed by atoms with E-state index in [1.54, 1.807) is 14.2 Å². The first-order valence-electron chi connectivity index (χ1n) is 21.5. The van der Waals surface area contributed by atoms with Crippen molar-refractivity contribution < 1.29 is 33.3 Å². The minimum absolute atomic E-state index is 0.161. The summed E-state index contributed by atoms with van der Waals surface area (Å²) in [7, 11) is 5.43. The number of esters is 1. The maximum atomic E-state index is 14.3. The molecule has 6 bridgehead atoms. The van der Waals surface area contributed by atoms with Crippen LogP contribution in [0.2, 0.25) is 0 Å². The highest BCUT2D eigenvalue weighted by molar-refractivity contribution is 7.10. The largest absolute Gasteiger partial charge is 0.464 e. The second kappa shape index (κ2) is 17.7. The van der Waals surface area contributed by atoms with E-state index in [9.17, 15) is 14.4 Å². The number of fused-ring (bicyclic) bond motifs is 6. The summed E-state index contributed by atoms with van der Waals surface area (Å²) < 4.78 is 25.3. The number of carbonyl (C=O) groups excluding carboxylic acids is 3. The summed E-state index contributed by atoms with van der Waals surface area (Å²) in [6.45, 7) is 14.1. The van der Waals surface area contributed by atoms with Gasteiger partial charge in [0.25, 0.3) is 5.91 Å². The van der Waals surface area contributed by atoms with E-state index in [0.717, 1.165) is 76.5 Å². The first-order valence-corrected chi connectivity index (χ1v) is 22.4. The number of cyclic esters (lactones) is 1. The van der Waals surface area contributed by atoms with Crippen molar-refractivity contribution in [3.05, 3.63) is 52.1 Å². The second-order valence-corrected chi connectivity index (χ2v) is 18.9. The number of hydrogen-bond donors (Lipinski definition) is 2. The van der Waals surface area contributed by atoms with Gasteiger partial charge in [0, 0.05) is 92.7 Å². The standard InChI is InChI=1S/C45H60N8O7S/c1-8-52-37-12-11-29-18-31(37)33(40(52)32-19-30(22-46-39(32)28(2)58-7)51-16-14-50(5)15-17-51)21-44(3,4)24-60-42(55)34-10-9-13-53(49-34)41(54)35(20-38-47-36(29)23-61-38)48-43(56)45(25-57-6)26-59-27-45/h11-12,18-19,22-23,28,34-35,49H,8-10,13-17,20-21,24-27H2,1-7H3,(H,48,56)/t28-,34-,35-/m0/s1. The van der Waals surface area contributed by atoms with E-state index in [2.05, 4.69) is 77.2 Å². The number of pyridine rings is 1. The van der Waals surface area contributed by atoms with E-state index in [0.29, 0.717) is 37.4 Å². The van der Waals surface area contributed by atoms with E-state index >= 15 is 0 Å². The van der Waals surface area contributed by atoms with Gasteiger partial charge >= 0.3 is 5.97 Å². The van der Waals surface area contributed by atoms with Crippen LogP contribution in [0.5, 0.6) is 0 Å². The number of aromatic nitrogens is 3. The molecule has 4 aliphatic heterocycles. The average Bonchev–Trinajstić information content (AvgIpc) is 3.84. The number of anilines is 1. The van der Waals surface area contributed by atoms with Crippen LogP contribution in [0.15, 0.2) is 35.8 Å². The van der Waals surface area contributed by atoms with Crippen LogP contribution in [-0.4, -0.2) is 135 Å². The van der Waals surface area contributed by atoms with Gasteiger partial charge in [0.1, 0.15) is 17.5 Å². The van der Waals surface area contributed by atoms with Gasteiger partial charge < -0.3 is 38.6 Å². The number of amides is 2. The highest BCUT2D eigenvalue weighted by Crippen LogP contribution is 2.43. The van der Waals surface area contributed by atoms with Crippen LogP contribution in [0, 0.1) is 10.8 Å². The molecule has 0 saturated carbocycles. The Balaban J connectivity index is 1.25. The number of hydrazine groups is 1. The SMILES string of the molecule is CCn1c(-c2cc(N3CCN(C)CC3)cnc2[C@H](C)OC)c2c3cc(ccc31)-c1csc(n1)C[C@H](NC(=O)C1(COC)COC1)C(=O)N1CCC[C@H](N1)C(=O)OCC(C)(C)C2. The summed E-state index contributed by atoms with van der Waals surface area (Å²) in [5, 5.41) is 8.30. The second-order valence-electron chi connectivity index (χ2n) is 17.9. The Morgan fingerprint density at radius 2 is 1.89 bits per heavy atom. The first kappa shape index (κ1) is 43.2. The molecule has 3 aromatic heterocycles. The van der Waals surface area contributed by atoms with Crippen LogP contribution in [0.3, 0.4) is 0 Å². The van der Waals surface area contributed by atoms with Crippen LogP contribution in [-0.2, 0) is 52.7 Å². The fourth-order valence-electron chi connectivity index (χ4n) is 9.05. The van der Waals surface area contributed by atoms with E-state index < -0.39 is 28.9 Å². The molecule has 1 aromatic carbocycles. The van der Waals surface area contributed by atoms with Gasteiger partial charge in [0.05, 0.1) is 66.5 Å². The number of methoxy groups -OCH3 is 2. The molecule has 3 saturated heterocycles. The summed E-state index contributed by atoms with van der Waals surface area (Å²) in [6, 6.07) is 7.12. The molecule has 8 rings (SSSR count). The lowest BCUT2D eigenvalue weighted by molar-refractivity contribution is -0.174. The topological polar surface area (TPSA) is 153 Å². The molecule has 0 aliphatic carbocycles. The average molecular weight is 857 g/mol. The number of rotatable bonds is 9. The molecule has 3 atom stereocenters. The van der Waals surface area contributed by atoms with Crippen molar-refractivity contribution in [2.45, 2.75) is 78.1 Å². The first-order chi connectivity index (χ1) is 29.3. The number of carbonyl (C=O) groups is 3. The van der Waals surface area contributed by atoms with Crippen LogP contribution >= 0.6 is 11.3 Å². The van der Waals surface area contributed by atoms with Crippen molar-refractivity contribution in [1.82, 2.24) is 35.2 Å². The van der Waals surface area contributed by atoms with Gasteiger partial charge in [-0.25, -0.2) is 10.4 Å². The number of aryl methyl sites for hydroxylation is 1. The zero-order chi connectivity index (χ0) is 43.1. The maximum absolute atomic E-state index is 14.3. The zero-order valence-electron chi connectivity index (χ0n) is 36.5. The number of thiazole rings is 1. The fraction of sp³-hybridized carbons (Fsp3) is 0.578. The summed E-state index contributed by atoms with van der Waals surface area (Å²) >= 11 is 1.46. The number of nitrogens with one attached hydrogen (secondary N) is 2. The zero-order valence-corrected chi connectivity index (χ0v) is 37.4. The lowest BCUT2D eigenvalue weighted by Gasteiger charge is -2.40. The molecular formula is C45H60N8O7S. The van der Waals surface area contributed by atoms with Crippen molar-refractivity contribution in [1.29, 1.82) is 0 Å². The monoisotopic (exact) mass is 856 g/mol. The number of nitrogens with zero attached hydrogens (tertiary/aromatic N) is 6. The van der Waals surface area contributed by atoms with Gasteiger partial charge in [-0.15, -0.1) is 11.3 Å². The van der Waals surface area contributed by atoms with Gasteiger partial charge in [-0.2, -0.15) is 0 Å². The van der Waals surface area contributed by atoms with E-state index in [4.69, 9.17) is 28.9 Å². The molecule has 0 unspecified atom stereocenters. The van der Waals surface area contributed by atoms with Crippen molar-refractivity contribution >= 4 is 45.7 Å². The van der Waals surface area contributed by atoms with E-state index in [1.165, 1.54) is 16.3 Å². The third-order valence-corrected chi connectivity index (χ3v) is 13.6. The summed E-state index contributed by atoms with van der Waals surface area (Å²) in [6.07, 6.45) is 3.59.